The van der Waals surface area contributed by atoms with E-state index < -0.39 is 0 Å². The molecule has 2 rings (SSSR count). The van der Waals surface area contributed by atoms with Crippen molar-refractivity contribution < 1.29 is 5.11 Å². The number of nitrogens with zero attached hydrogens (tertiary/aromatic N) is 2. The van der Waals surface area contributed by atoms with Gasteiger partial charge in [-0.15, -0.1) is 0 Å². The van der Waals surface area contributed by atoms with Crippen LogP contribution in [0.4, 0.5) is 5.69 Å². The maximum absolute atomic E-state index is 8.87. The van der Waals surface area contributed by atoms with Crippen LogP contribution in [0.2, 0.25) is 0 Å². The number of rotatable bonds is 2. The minimum Gasteiger partial charge on any atom is -0.399 e. The van der Waals surface area contributed by atoms with Crippen LogP contribution in [0.15, 0.2) is 36.7 Å². The van der Waals surface area contributed by atoms with Crippen LogP contribution in [-0.4, -0.2) is 15.1 Å². The van der Waals surface area contributed by atoms with Gasteiger partial charge in [0.1, 0.15) is 0 Å². The molecule has 4 heteroatoms. The van der Waals surface area contributed by atoms with Gasteiger partial charge in [-0.3, -0.25) is 9.97 Å². The molecule has 0 amide bonds. The maximum Gasteiger partial charge on any atom is 0.0906 e. The van der Waals surface area contributed by atoms with E-state index in [1.165, 1.54) is 0 Å². The molecule has 0 spiro atoms. The number of nitrogens with two attached hydrogens (primary N) is 1. The maximum atomic E-state index is 8.87. The van der Waals surface area contributed by atoms with Gasteiger partial charge in [-0.1, -0.05) is 6.07 Å². The molecule has 2 heterocycles. The lowest BCUT2D eigenvalue weighted by Gasteiger charge is -2.01. The van der Waals surface area contributed by atoms with Crippen LogP contribution in [0.3, 0.4) is 0 Å². The molecule has 2 aromatic heterocycles. The van der Waals surface area contributed by atoms with Crippen LogP contribution < -0.4 is 5.73 Å². The van der Waals surface area contributed by atoms with Gasteiger partial charge in [0.25, 0.3) is 0 Å². The molecule has 0 aliphatic rings. The number of pyridine rings is 2. The highest BCUT2D eigenvalue weighted by Crippen LogP contribution is 2.16. The average molecular weight is 201 g/mol. The molecule has 0 saturated carbocycles. The first-order valence-electron chi connectivity index (χ1n) is 4.57. The summed E-state index contributed by atoms with van der Waals surface area (Å²) < 4.78 is 0. The molecule has 3 N–H and O–H groups in total. The number of anilines is 1. The monoisotopic (exact) mass is 201 g/mol. The molecule has 0 unspecified atom stereocenters. The number of aliphatic hydroxyl groups is 1. The molecule has 0 aromatic carbocycles. The molecule has 0 bridgehead atoms. The Morgan fingerprint density at radius 3 is 2.60 bits per heavy atom. The van der Waals surface area contributed by atoms with E-state index in [0.717, 1.165) is 17.0 Å². The van der Waals surface area contributed by atoms with E-state index in [4.69, 9.17) is 10.8 Å². The number of aliphatic hydroxyl groups excluding tert-OH is 1. The third-order valence-electron chi connectivity index (χ3n) is 2.05. The molecule has 0 aliphatic heterocycles. The highest BCUT2D eigenvalue weighted by molar-refractivity contribution is 5.59. The van der Waals surface area contributed by atoms with Crippen molar-refractivity contribution in [3.63, 3.8) is 0 Å². The number of hydrogen-bond acceptors (Lipinski definition) is 4. The lowest BCUT2D eigenvalue weighted by molar-refractivity contribution is 0.281. The summed E-state index contributed by atoms with van der Waals surface area (Å²) in [7, 11) is 0. The fourth-order valence-corrected chi connectivity index (χ4v) is 1.26. The normalized spacial score (nSPS) is 10.2. The van der Waals surface area contributed by atoms with Gasteiger partial charge in [0.2, 0.25) is 0 Å². The van der Waals surface area contributed by atoms with Gasteiger partial charge in [0, 0.05) is 18.1 Å². The molecule has 76 valence electrons. The van der Waals surface area contributed by atoms with E-state index in [-0.39, 0.29) is 6.61 Å². The first-order valence-corrected chi connectivity index (χ1v) is 4.57. The van der Waals surface area contributed by atoms with Gasteiger partial charge in [0.15, 0.2) is 0 Å². The van der Waals surface area contributed by atoms with Crippen molar-refractivity contribution in [2.45, 2.75) is 6.61 Å². The molecule has 0 saturated heterocycles. The van der Waals surface area contributed by atoms with E-state index in [1.54, 1.807) is 24.5 Å². The van der Waals surface area contributed by atoms with Gasteiger partial charge in [-0.2, -0.15) is 0 Å². The van der Waals surface area contributed by atoms with Gasteiger partial charge >= 0.3 is 0 Å². The van der Waals surface area contributed by atoms with Crippen molar-refractivity contribution in [2.24, 2.45) is 0 Å². The zero-order chi connectivity index (χ0) is 10.7. The Morgan fingerprint density at radius 2 is 2.00 bits per heavy atom. The van der Waals surface area contributed by atoms with Crippen molar-refractivity contribution in [3.05, 3.63) is 42.2 Å². The lowest BCUT2D eigenvalue weighted by atomic mass is 10.2. The molecular formula is C11H11N3O. The van der Waals surface area contributed by atoms with E-state index in [9.17, 15) is 0 Å². The standard InChI is InChI=1S/C11H11N3O/c12-9-3-4-13-11(5-9)10-2-1-8(7-15)6-14-10/h1-6,15H,7H2,(H2,12,13). The van der Waals surface area contributed by atoms with Crippen molar-refractivity contribution in [3.8, 4) is 11.4 Å². The number of hydrogen-bond donors (Lipinski definition) is 2. The van der Waals surface area contributed by atoms with Crippen LogP contribution in [0.1, 0.15) is 5.56 Å². The highest BCUT2D eigenvalue weighted by Gasteiger charge is 2.00. The predicted molar refractivity (Wildman–Crippen MR) is 57.8 cm³/mol. The Bertz CT molecular complexity index is 454. The van der Waals surface area contributed by atoms with Crippen LogP contribution >= 0.6 is 0 Å². The zero-order valence-corrected chi connectivity index (χ0v) is 8.09. The van der Waals surface area contributed by atoms with E-state index in [0.29, 0.717) is 5.69 Å². The Kier molecular flexibility index (Phi) is 2.60. The quantitative estimate of drug-likeness (QED) is 0.766. The summed E-state index contributed by atoms with van der Waals surface area (Å²) in [6, 6.07) is 7.12. The van der Waals surface area contributed by atoms with Gasteiger partial charge in [-0.25, -0.2) is 0 Å². The summed E-state index contributed by atoms with van der Waals surface area (Å²) in [5, 5.41) is 8.87. The van der Waals surface area contributed by atoms with Gasteiger partial charge in [-0.05, 0) is 23.8 Å². The van der Waals surface area contributed by atoms with Crippen molar-refractivity contribution in [1.29, 1.82) is 0 Å². The molecule has 2 aromatic rings. The minimum atomic E-state index is -0.00234. The first-order chi connectivity index (χ1) is 7.29. The molecule has 0 fully saturated rings. The predicted octanol–water partition coefficient (Wildman–Crippen LogP) is 1.22. The van der Waals surface area contributed by atoms with Crippen LogP contribution in [0.25, 0.3) is 11.4 Å². The molecule has 0 atom stereocenters. The van der Waals surface area contributed by atoms with Gasteiger partial charge < -0.3 is 10.8 Å². The molecule has 0 radical (unpaired) electrons. The Morgan fingerprint density at radius 1 is 1.13 bits per heavy atom. The average Bonchev–Trinajstić information content (AvgIpc) is 2.29. The van der Waals surface area contributed by atoms with Crippen molar-refractivity contribution >= 4 is 5.69 Å². The second-order valence-electron chi connectivity index (χ2n) is 3.18. The third kappa shape index (κ3) is 2.11. The highest BCUT2D eigenvalue weighted by atomic mass is 16.3. The lowest BCUT2D eigenvalue weighted by Crippen LogP contribution is -1.92. The smallest absolute Gasteiger partial charge is 0.0906 e. The van der Waals surface area contributed by atoms with Crippen LogP contribution in [-0.2, 0) is 6.61 Å². The van der Waals surface area contributed by atoms with Crippen molar-refractivity contribution in [1.82, 2.24) is 9.97 Å². The number of nitrogen functional groups attached to an aromatic ring is 1. The Labute approximate surface area is 87.4 Å². The molecule has 15 heavy (non-hydrogen) atoms. The SMILES string of the molecule is Nc1ccnc(-c2ccc(CO)cn2)c1. The topological polar surface area (TPSA) is 72.0 Å². The Hall–Kier alpha value is -1.94. The van der Waals surface area contributed by atoms with E-state index in [1.807, 2.05) is 12.1 Å². The van der Waals surface area contributed by atoms with Crippen LogP contribution in [0.5, 0.6) is 0 Å². The van der Waals surface area contributed by atoms with Crippen molar-refractivity contribution in [2.75, 3.05) is 5.73 Å². The zero-order valence-electron chi connectivity index (χ0n) is 8.09. The number of aromatic nitrogens is 2. The second-order valence-corrected chi connectivity index (χ2v) is 3.18. The van der Waals surface area contributed by atoms with E-state index in [2.05, 4.69) is 9.97 Å². The van der Waals surface area contributed by atoms with Crippen LogP contribution in [0, 0.1) is 0 Å². The fraction of sp³-hybridized carbons (Fsp3) is 0.0909. The Balaban J connectivity index is 2.37. The minimum absolute atomic E-state index is 0.00234. The largest absolute Gasteiger partial charge is 0.399 e. The second kappa shape index (κ2) is 4.06. The molecule has 0 aliphatic carbocycles. The van der Waals surface area contributed by atoms with E-state index >= 15 is 0 Å². The summed E-state index contributed by atoms with van der Waals surface area (Å²) in [5.41, 5.74) is 8.57. The first kappa shape index (κ1) is 9.61. The third-order valence-corrected chi connectivity index (χ3v) is 2.05. The summed E-state index contributed by atoms with van der Waals surface area (Å²) in [6.45, 7) is -0.00234. The summed E-state index contributed by atoms with van der Waals surface area (Å²) in [5.74, 6) is 0. The van der Waals surface area contributed by atoms with Gasteiger partial charge in [0.05, 0.1) is 18.0 Å². The fourth-order valence-electron chi connectivity index (χ4n) is 1.26. The summed E-state index contributed by atoms with van der Waals surface area (Å²) in [6.07, 6.45) is 3.27. The molecule has 4 nitrogen and oxygen atoms in total. The molecular weight excluding hydrogens is 190 g/mol. The summed E-state index contributed by atoms with van der Waals surface area (Å²) in [4.78, 5) is 8.34. The summed E-state index contributed by atoms with van der Waals surface area (Å²) >= 11 is 0.